The van der Waals surface area contributed by atoms with Crippen LogP contribution in [0.5, 0.6) is 5.75 Å². The molecular weight excluding hydrogens is 295 g/mol. The van der Waals surface area contributed by atoms with Crippen molar-refractivity contribution in [2.45, 2.75) is 45.7 Å². The molecule has 1 unspecified atom stereocenters. The normalized spacial score (nSPS) is 19.0. The molecule has 1 atom stereocenters. The highest BCUT2D eigenvalue weighted by Gasteiger charge is 2.22. The van der Waals surface area contributed by atoms with Gasteiger partial charge in [-0.05, 0) is 45.4 Å². The van der Waals surface area contributed by atoms with Crippen LogP contribution in [-0.2, 0) is 6.54 Å². The number of ether oxygens (including phenoxy) is 1. The third-order valence-electron chi connectivity index (χ3n) is 4.59. The first-order chi connectivity index (χ1) is 11.1. The minimum absolute atomic E-state index is 0.335. The molecule has 1 aromatic carbocycles. The van der Waals surface area contributed by atoms with Crippen LogP contribution < -0.4 is 4.74 Å². The first-order valence-electron chi connectivity index (χ1n) is 8.12. The third kappa shape index (κ3) is 3.39. The van der Waals surface area contributed by atoms with Crippen molar-refractivity contribution in [3.63, 3.8) is 0 Å². The van der Waals surface area contributed by atoms with Crippen LogP contribution in [0.1, 0.15) is 37.6 Å². The lowest BCUT2D eigenvalue weighted by Crippen LogP contribution is -2.37. The van der Waals surface area contributed by atoms with Crippen LogP contribution in [0, 0.1) is 12.7 Å². The second kappa shape index (κ2) is 6.71. The van der Waals surface area contributed by atoms with Crippen molar-refractivity contribution < 1.29 is 13.5 Å². The fourth-order valence-corrected chi connectivity index (χ4v) is 3.07. The first kappa shape index (κ1) is 16.0. The quantitative estimate of drug-likeness (QED) is 0.848. The molecule has 0 radical (unpaired) electrons. The van der Waals surface area contributed by atoms with Crippen molar-refractivity contribution in [3.05, 3.63) is 35.5 Å². The number of oxazole rings is 1. The number of hydrogen-bond donors (Lipinski definition) is 0. The lowest BCUT2D eigenvalue weighted by Gasteiger charge is -2.32. The molecule has 0 amide bonds. The van der Waals surface area contributed by atoms with E-state index in [-0.39, 0.29) is 5.82 Å². The molecule has 0 spiro atoms. The summed E-state index contributed by atoms with van der Waals surface area (Å²) in [6, 6.07) is 5.26. The molecule has 124 valence electrons. The lowest BCUT2D eigenvalue weighted by atomic mass is 10.0. The highest BCUT2D eigenvalue weighted by Crippen LogP contribution is 2.28. The van der Waals surface area contributed by atoms with E-state index in [0.717, 1.165) is 24.5 Å². The molecule has 0 aliphatic carbocycles. The van der Waals surface area contributed by atoms with Crippen LogP contribution in [0.3, 0.4) is 0 Å². The summed E-state index contributed by atoms with van der Waals surface area (Å²) in [7, 11) is 1.52. The largest absolute Gasteiger partial charge is 0.497 e. The van der Waals surface area contributed by atoms with Gasteiger partial charge in [0.05, 0.1) is 18.4 Å². The summed E-state index contributed by atoms with van der Waals surface area (Å²) >= 11 is 0. The van der Waals surface area contributed by atoms with E-state index in [4.69, 9.17) is 9.15 Å². The van der Waals surface area contributed by atoms with Crippen LogP contribution in [0.15, 0.2) is 22.6 Å². The SMILES string of the molecule is COc1ccc(-c2nc(CN3CCCCC3C)c(C)o2)c(F)c1. The van der Waals surface area contributed by atoms with E-state index in [9.17, 15) is 4.39 Å². The van der Waals surface area contributed by atoms with Crippen LogP contribution >= 0.6 is 0 Å². The van der Waals surface area contributed by atoms with Gasteiger partial charge in [0.15, 0.2) is 0 Å². The number of aromatic nitrogens is 1. The summed E-state index contributed by atoms with van der Waals surface area (Å²) in [6.07, 6.45) is 3.73. The van der Waals surface area contributed by atoms with E-state index in [2.05, 4.69) is 16.8 Å². The van der Waals surface area contributed by atoms with Gasteiger partial charge in [-0.25, -0.2) is 9.37 Å². The van der Waals surface area contributed by atoms with Gasteiger partial charge in [-0.3, -0.25) is 4.90 Å². The fourth-order valence-electron chi connectivity index (χ4n) is 3.07. The maximum atomic E-state index is 14.2. The van der Waals surface area contributed by atoms with E-state index in [1.807, 2.05) is 6.92 Å². The summed E-state index contributed by atoms with van der Waals surface area (Å²) in [6.45, 7) is 5.98. The average molecular weight is 318 g/mol. The molecule has 1 fully saturated rings. The smallest absolute Gasteiger partial charge is 0.229 e. The monoisotopic (exact) mass is 318 g/mol. The Hall–Kier alpha value is -1.88. The van der Waals surface area contributed by atoms with Crippen molar-refractivity contribution in [1.82, 2.24) is 9.88 Å². The van der Waals surface area contributed by atoms with Crippen molar-refractivity contribution >= 4 is 0 Å². The number of rotatable bonds is 4. The van der Waals surface area contributed by atoms with Gasteiger partial charge in [0.25, 0.3) is 0 Å². The first-order valence-corrected chi connectivity index (χ1v) is 8.12. The minimum atomic E-state index is -0.386. The summed E-state index contributed by atoms with van der Waals surface area (Å²) < 4.78 is 24.9. The minimum Gasteiger partial charge on any atom is -0.497 e. The number of benzene rings is 1. The van der Waals surface area contributed by atoms with E-state index in [0.29, 0.717) is 23.2 Å². The molecule has 5 heteroatoms. The number of methoxy groups -OCH3 is 1. The van der Waals surface area contributed by atoms with Gasteiger partial charge in [0, 0.05) is 18.7 Å². The fraction of sp³-hybridized carbons (Fsp3) is 0.500. The Morgan fingerprint density at radius 3 is 2.91 bits per heavy atom. The van der Waals surface area contributed by atoms with Crippen molar-refractivity contribution in [3.8, 4) is 17.2 Å². The number of likely N-dealkylation sites (tertiary alicyclic amines) is 1. The Labute approximate surface area is 136 Å². The average Bonchev–Trinajstić information content (AvgIpc) is 2.90. The molecule has 4 nitrogen and oxygen atoms in total. The van der Waals surface area contributed by atoms with Crippen molar-refractivity contribution in [2.24, 2.45) is 0 Å². The van der Waals surface area contributed by atoms with Gasteiger partial charge in [-0.1, -0.05) is 6.42 Å². The summed E-state index contributed by atoms with van der Waals surface area (Å²) in [5, 5.41) is 0. The number of aryl methyl sites for hydroxylation is 1. The molecule has 0 saturated carbocycles. The van der Waals surface area contributed by atoms with Gasteiger partial charge in [0.2, 0.25) is 5.89 Å². The van der Waals surface area contributed by atoms with Gasteiger partial charge < -0.3 is 9.15 Å². The van der Waals surface area contributed by atoms with Crippen molar-refractivity contribution in [1.29, 1.82) is 0 Å². The second-order valence-corrected chi connectivity index (χ2v) is 6.18. The molecule has 0 bridgehead atoms. The highest BCUT2D eigenvalue weighted by molar-refractivity contribution is 5.56. The second-order valence-electron chi connectivity index (χ2n) is 6.18. The Bertz CT molecular complexity index is 684. The number of hydrogen-bond acceptors (Lipinski definition) is 4. The maximum Gasteiger partial charge on any atom is 0.229 e. The van der Waals surface area contributed by atoms with E-state index < -0.39 is 0 Å². The van der Waals surface area contributed by atoms with Crippen LogP contribution in [0.2, 0.25) is 0 Å². The van der Waals surface area contributed by atoms with Crippen LogP contribution in [-0.4, -0.2) is 29.6 Å². The topological polar surface area (TPSA) is 38.5 Å². The highest BCUT2D eigenvalue weighted by atomic mass is 19.1. The third-order valence-corrected chi connectivity index (χ3v) is 4.59. The Balaban J connectivity index is 1.83. The molecule has 1 aliphatic heterocycles. The predicted molar refractivity (Wildman–Crippen MR) is 86.9 cm³/mol. The Morgan fingerprint density at radius 1 is 1.39 bits per heavy atom. The molecule has 1 aromatic heterocycles. The lowest BCUT2D eigenvalue weighted by molar-refractivity contribution is 0.150. The van der Waals surface area contributed by atoms with Crippen molar-refractivity contribution in [2.75, 3.05) is 13.7 Å². The molecule has 23 heavy (non-hydrogen) atoms. The summed E-state index contributed by atoms with van der Waals surface area (Å²) in [4.78, 5) is 6.95. The molecule has 3 rings (SSSR count). The molecular formula is C18H23FN2O2. The molecule has 2 aromatic rings. The predicted octanol–water partition coefficient (Wildman–Crippen LogP) is 4.17. The summed E-state index contributed by atoms with van der Waals surface area (Å²) in [5.41, 5.74) is 1.26. The Kier molecular flexibility index (Phi) is 4.66. The van der Waals surface area contributed by atoms with Crippen LogP contribution in [0.25, 0.3) is 11.5 Å². The van der Waals surface area contributed by atoms with Crippen LogP contribution in [0.4, 0.5) is 4.39 Å². The maximum absolute atomic E-state index is 14.2. The Morgan fingerprint density at radius 2 is 2.22 bits per heavy atom. The molecule has 1 aliphatic rings. The zero-order valence-corrected chi connectivity index (χ0v) is 13.9. The van der Waals surface area contributed by atoms with E-state index >= 15 is 0 Å². The van der Waals surface area contributed by atoms with E-state index in [1.54, 1.807) is 12.1 Å². The number of halogens is 1. The van der Waals surface area contributed by atoms with Gasteiger partial charge in [0.1, 0.15) is 17.3 Å². The standard InChI is InChI=1S/C18H23FN2O2/c1-12-6-4-5-9-21(12)11-17-13(2)23-18(20-17)15-8-7-14(22-3)10-16(15)19/h7-8,10,12H,4-6,9,11H2,1-3H3. The molecule has 0 N–H and O–H groups in total. The summed E-state index contributed by atoms with van der Waals surface area (Å²) in [5.74, 6) is 1.19. The number of piperidine rings is 1. The molecule has 1 saturated heterocycles. The van der Waals surface area contributed by atoms with Gasteiger partial charge >= 0.3 is 0 Å². The zero-order valence-electron chi connectivity index (χ0n) is 13.9. The molecule has 2 heterocycles. The zero-order chi connectivity index (χ0) is 16.4. The van der Waals surface area contributed by atoms with Gasteiger partial charge in [-0.2, -0.15) is 0 Å². The number of nitrogens with zero attached hydrogens (tertiary/aromatic N) is 2. The van der Waals surface area contributed by atoms with E-state index in [1.165, 1.54) is 32.4 Å². The van der Waals surface area contributed by atoms with Gasteiger partial charge in [-0.15, -0.1) is 0 Å².